The summed E-state index contributed by atoms with van der Waals surface area (Å²) in [7, 11) is 3.82. The number of carbonyl (C=O) groups excluding carboxylic acids is 1. The fourth-order valence-corrected chi connectivity index (χ4v) is 3.09. The van der Waals surface area contributed by atoms with E-state index in [1.165, 1.54) is 0 Å². The summed E-state index contributed by atoms with van der Waals surface area (Å²) in [6.45, 7) is 1.30. The zero-order valence-electron chi connectivity index (χ0n) is 14.0. The number of rotatable bonds is 5. The van der Waals surface area contributed by atoms with Crippen LogP contribution in [0, 0.1) is 5.92 Å². The van der Waals surface area contributed by atoms with Crippen LogP contribution in [0.4, 0.5) is 5.69 Å². The number of H-pyrrole nitrogens is 1. The van der Waals surface area contributed by atoms with E-state index >= 15 is 0 Å². The Morgan fingerprint density at radius 1 is 1.42 bits per heavy atom. The maximum Gasteiger partial charge on any atom is 0.254 e. The second kappa shape index (κ2) is 7.44. The number of hydrogen-bond donors (Lipinski definition) is 2. The molecule has 2 atom stereocenters. The van der Waals surface area contributed by atoms with Gasteiger partial charge in [-0.1, -0.05) is 0 Å². The van der Waals surface area contributed by atoms with Gasteiger partial charge in [0.15, 0.2) is 0 Å². The van der Waals surface area contributed by atoms with Crippen molar-refractivity contribution in [3.05, 3.63) is 42.0 Å². The Bertz CT molecular complexity index is 671. The van der Waals surface area contributed by atoms with Crippen molar-refractivity contribution in [2.24, 2.45) is 5.92 Å². The Morgan fingerprint density at radius 3 is 3.04 bits per heavy atom. The molecule has 3 rings (SSSR count). The number of nitrogens with one attached hydrogen (secondary N) is 2. The number of carbonyl (C=O) groups is 1. The number of anilines is 1. The van der Waals surface area contributed by atoms with Gasteiger partial charge in [-0.15, -0.1) is 0 Å². The van der Waals surface area contributed by atoms with Crippen molar-refractivity contribution in [2.75, 3.05) is 32.1 Å². The second-order valence-corrected chi connectivity index (χ2v) is 6.20. The van der Waals surface area contributed by atoms with Crippen LogP contribution in [-0.2, 0) is 4.74 Å². The van der Waals surface area contributed by atoms with E-state index in [1.54, 1.807) is 18.6 Å². The SMILES string of the molecule is CN(C)c1ccncc1C(=O)NC[C@@H]1CCCO[C@H]1c1ccn[nH]1. The highest BCUT2D eigenvalue weighted by Gasteiger charge is 2.29. The molecule has 7 heteroatoms. The fraction of sp³-hybridized carbons (Fsp3) is 0.471. The molecule has 1 fully saturated rings. The fourth-order valence-electron chi connectivity index (χ4n) is 3.09. The summed E-state index contributed by atoms with van der Waals surface area (Å²) in [5, 5.41) is 10.0. The van der Waals surface area contributed by atoms with E-state index in [-0.39, 0.29) is 17.9 Å². The van der Waals surface area contributed by atoms with Gasteiger partial charge < -0.3 is 15.0 Å². The Balaban J connectivity index is 1.67. The first kappa shape index (κ1) is 16.4. The number of aromatic amines is 1. The molecule has 1 aliphatic heterocycles. The number of amides is 1. The first-order valence-electron chi connectivity index (χ1n) is 8.17. The van der Waals surface area contributed by atoms with Gasteiger partial charge in [0.25, 0.3) is 5.91 Å². The lowest BCUT2D eigenvalue weighted by Gasteiger charge is -2.31. The molecule has 2 N–H and O–H groups in total. The highest BCUT2D eigenvalue weighted by Crippen LogP contribution is 2.32. The Hall–Kier alpha value is -2.41. The Labute approximate surface area is 141 Å². The van der Waals surface area contributed by atoms with Crippen LogP contribution in [0.2, 0.25) is 0 Å². The minimum atomic E-state index is -0.110. The molecule has 0 aliphatic carbocycles. The van der Waals surface area contributed by atoms with Crippen molar-refractivity contribution in [1.82, 2.24) is 20.5 Å². The quantitative estimate of drug-likeness (QED) is 0.873. The van der Waals surface area contributed by atoms with Crippen molar-refractivity contribution in [3.63, 3.8) is 0 Å². The van der Waals surface area contributed by atoms with Gasteiger partial charge in [-0.3, -0.25) is 14.9 Å². The van der Waals surface area contributed by atoms with E-state index in [2.05, 4.69) is 20.5 Å². The minimum absolute atomic E-state index is 0.0521. The summed E-state index contributed by atoms with van der Waals surface area (Å²) < 4.78 is 5.89. The first-order valence-corrected chi connectivity index (χ1v) is 8.17. The van der Waals surface area contributed by atoms with E-state index in [0.717, 1.165) is 30.8 Å². The van der Waals surface area contributed by atoms with E-state index in [4.69, 9.17) is 4.74 Å². The van der Waals surface area contributed by atoms with Crippen LogP contribution in [0.5, 0.6) is 0 Å². The largest absolute Gasteiger partial charge is 0.377 e. The molecule has 0 saturated carbocycles. The van der Waals surface area contributed by atoms with Crippen LogP contribution in [0.1, 0.15) is 35.0 Å². The molecule has 0 unspecified atom stereocenters. The highest BCUT2D eigenvalue weighted by molar-refractivity contribution is 5.99. The predicted octanol–water partition coefficient (Wildman–Crippen LogP) is 1.77. The van der Waals surface area contributed by atoms with E-state index in [1.807, 2.05) is 31.1 Å². The molecule has 1 saturated heterocycles. The summed E-state index contributed by atoms with van der Waals surface area (Å²) >= 11 is 0. The van der Waals surface area contributed by atoms with Crippen LogP contribution in [0.15, 0.2) is 30.7 Å². The van der Waals surface area contributed by atoms with Gasteiger partial charge >= 0.3 is 0 Å². The van der Waals surface area contributed by atoms with Crippen LogP contribution in [-0.4, -0.2) is 48.3 Å². The maximum absolute atomic E-state index is 12.6. The molecule has 0 aromatic carbocycles. The maximum atomic E-state index is 12.6. The van der Waals surface area contributed by atoms with E-state index in [0.29, 0.717) is 12.1 Å². The van der Waals surface area contributed by atoms with Gasteiger partial charge in [-0.25, -0.2) is 0 Å². The zero-order chi connectivity index (χ0) is 16.9. The number of nitrogens with zero attached hydrogens (tertiary/aromatic N) is 3. The average molecular weight is 329 g/mol. The number of ether oxygens (including phenoxy) is 1. The molecule has 24 heavy (non-hydrogen) atoms. The molecular weight excluding hydrogens is 306 g/mol. The summed E-state index contributed by atoms with van der Waals surface area (Å²) in [5.74, 6) is 0.114. The summed E-state index contributed by atoms with van der Waals surface area (Å²) in [6.07, 6.45) is 6.98. The highest BCUT2D eigenvalue weighted by atomic mass is 16.5. The van der Waals surface area contributed by atoms with Crippen LogP contribution in [0.3, 0.4) is 0 Å². The van der Waals surface area contributed by atoms with Gasteiger partial charge in [0.2, 0.25) is 0 Å². The molecule has 1 aliphatic rings. The third-order valence-corrected chi connectivity index (χ3v) is 4.32. The monoisotopic (exact) mass is 329 g/mol. The molecule has 0 bridgehead atoms. The molecule has 2 aromatic heterocycles. The van der Waals surface area contributed by atoms with E-state index < -0.39 is 0 Å². The van der Waals surface area contributed by atoms with Crippen molar-refractivity contribution in [3.8, 4) is 0 Å². The van der Waals surface area contributed by atoms with Crippen molar-refractivity contribution < 1.29 is 9.53 Å². The van der Waals surface area contributed by atoms with Crippen LogP contribution in [0.25, 0.3) is 0 Å². The lowest BCUT2D eigenvalue weighted by atomic mass is 9.92. The van der Waals surface area contributed by atoms with Crippen LogP contribution >= 0.6 is 0 Å². The lowest BCUT2D eigenvalue weighted by Crippen LogP contribution is -2.35. The zero-order valence-corrected chi connectivity index (χ0v) is 14.0. The van der Waals surface area contributed by atoms with Crippen LogP contribution < -0.4 is 10.2 Å². The van der Waals surface area contributed by atoms with Gasteiger partial charge in [0, 0.05) is 51.8 Å². The van der Waals surface area contributed by atoms with Gasteiger partial charge in [0.05, 0.1) is 16.9 Å². The molecule has 1 amide bonds. The van der Waals surface area contributed by atoms with Gasteiger partial charge in [-0.05, 0) is 25.0 Å². The molecule has 0 spiro atoms. The predicted molar refractivity (Wildman–Crippen MR) is 90.9 cm³/mol. The summed E-state index contributed by atoms with van der Waals surface area (Å²) in [4.78, 5) is 18.6. The van der Waals surface area contributed by atoms with E-state index in [9.17, 15) is 4.79 Å². The van der Waals surface area contributed by atoms with Gasteiger partial charge in [-0.2, -0.15) is 5.10 Å². The summed E-state index contributed by atoms with van der Waals surface area (Å²) in [5.41, 5.74) is 2.40. The standard InChI is InChI=1S/C17H23N5O2/c1-22(2)15-6-7-18-11-13(15)17(23)19-10-12-4-3-9-24-16(12)14-5-8-20-21-14/h5-8,11-12,16H,3-4,9-10H2,1-2H3,(H,19,23)(H,20,21)/t12-,16+/m0/s1. The molecule has 3 heterocycles. The normalized spacial score (nSPS) is 20.6. The molecule has 7 nitrogen and oxygen atoms in total. The number of hydrogen-bond acceptors (Lipinski definition) is 5. The third kappa shape index (κ3) is 3.56. The molecule has 2 aromatic rings. The Kier molecular flexibility index (Phi) is 5.10. The number of pyridine rings is 1. The second-order valence-electron chi connectivity index (χ2n) is 6.20. The van der Waals surface area contributed by atoms with Crippen molar-refractivity contribution >= 4 is 11.6 Å². The summed E-state index contributed by atoms with van der Waals surface area (Å²) in [6, 6.07) is 3.77. The molecule has 128 valence electrons. The Morgan fingerprint density at radius 2 is 2.29 bits per heavy atom. The average Bonchev–Trinajstić information content (AvgIpc) is 3.14. The first-order chi connectivity index (χ1) is 11.7. The molecule has 0 radical (unpaired) electrons. The van der Waals surface area contributed by atoms with Gasteiger partial charge in [0.1, 0.15) is 6.10 Å². The third-order valence-electron chi connectivity index (χ3n) is 4.32. The molecular formula is C17H23N5O2. The minimum Gasteiger partial charge on any atom is -0.377 e. The van der Waals surface area contributed by atoms with Crippen molar-refractivity contribution in [2.45, 2.75) is 18.9 Å². The smallest absolute Gasteiger partial charge is 0.254 e. The lowest BCUT2D eigenvalue weighted by molar-refractivity contribution is -0.0297. The van der Waals surface area contributed by atoms with Crippen molar-refractivity contribution in [1.29, 1.82) is 0 Å². The number of aromatic nitrogens is 3. The topological polar surface area (TPSA) is 83.1 Å².